The van der Waals surface area contributed by atoms with Crippen molar-refractivity contribution < 1.29 is 14.3 Å². The van der Waals surface area contributed by atoms with Gasteiger partial charge in [0.05, 0.1) is 12.4 Å². The summed E-state index contributed by atoms with van der Waals surface area (Å²) in [5.41, 5.74) is 2.83. The number of nitrogens with one attached hydrogen (secondary N) is 1. The van der Waals surface area contributed by atoms with Crippen molar-refractivity contribution in [2.24, 2.45) is 0 Å². The van der Waals surface area contributed by atoms with E-state index in [1.807, 2.05) is 54.8 Å². The molecule has 3 heterocycles. The molecule has 2 aromatic heterocycles. The van der Waals surface area contributed by atoms with Crippen molar-refractivity contribution in [3.63, 3.8) is 0 Å². The molecule has 4 rings (SSSR count). The van der Waals surface area contributed by atoms with E-state index in [0.717, 1.165) is 34.7 Å². The van der Waals surface area contributed by atoms with Gasteiger partial charge >= 0.3 is 0 Å². The van der Waals surface area contributed by atoms with E-state index in [1.165, 1.54) is 11.8 Å². The fourth-order valence-electron chi connectivity index (χ4n) is 3.20. The summed E-state index contributed by atoms with van der Waals surface area (Å²) < 4.78 is 13.5. The third kappa shape index (κ3) is 3.91. The second-order valence-corrected chi connectivity index (χ2v) is 7.55. The maximum atomic E-state index is 12.3. The molecular formula is C20H22N4O3S. The number of carbonyl (C=O) groups is 1. The average molecular weight is 398 g/mol. The molecule has 1 amide bonds. The summed E-state index contributed by atoms with van der Waals surface area (Å²) in [6.45, 7) is 4.97. The van der Waals surface area contributed by atoms with Crippen LogP contribution >= 0.6 is 11.8 Å². The molecule has 0 bridgehead atoms. The highest BCUT2D eigenvalue weighted by atomic mass is 32.2. The Balaban J connectivity index is 1.38. The van der Waals surface area contributed by atoms with Gasteiger partial charge < -0.3 is 14.8 Å². The lowest BCUT2D eigenvalue weighted by Gasteiger charge is -2.13. The Kier molecular flexibility index (Phi) is 5.38. The number of ether oxygens (including phenoxy) is 2. The van der Waals surface area contributed by atoms with E-state index in [-0.39, 0.29) is 17.8 Å². The van der Waals surface area contributed by atoms with Crippen molar-refractivity contribution in [2.45, 2.75) is 38.1 Å². The topological polar surface area (TPSA) is 77.8 Å². The molecule has 0 aliphatic carbocycles. The lowest BCUT2D eigenvalue weighted by Crippen LogP contribution is -2.25. The molecule has 28 heavy (non-hydrogen) atoms. The van der Waals surface area contributed by atoms with Crippen molar-refractivity contribution in [3.05, 3.63) is 47.7 Å². The monoisotopic (exact) mass is 398 g/mol. The number of thioether (sulfide) groups is 1. The van der Waals surface area contributed by atoms with E-state index in [9.17, 15) is 4.79 Å². The number of hydrogen-bond donors (Lipinski definition) is 1. The second-order valence-electron chi connectivity index (χ2n) is 6.61. The second kappa shape index (κ2) is 8.10. The summed E-state index contributed by atoms with van der Waals surface area (Å²) in [6.07, 6.45) is 2.93. The Morgan fingerprint density at radius 2 is 2.29 bits per heavy atom. The van der Waals surface area contributed by atoms with Crippen LogP contribution in [0, 0.1) is 0 Å². The first-order valence-electron chi connectivity index (χ1n) is 9.28. The quantitative estimate of drug-likeness (QED) is 0.617. The van der Waals surface area contributed by atoms with Gasteiger partial charge in [-0.05, 0) is 38.1 Å². The van der Waals surface area contributed by atoms with Crippen molar-refractivity contribution >= 4 is 23.3 Å². The fraction of sp³-hybridized carbons (Fsp3) is 0.350. The van der Waals surface area contributed by atoms with Crippen LogP contribution in [0.1, 0.15) is 25.0 Å². The van der Waals surface area contributed by atoms with Gasteiger partial charge in [0.1, 0.15) is 17.6 Å². The Labute approximate surface area is 167 Å². The van der Waals surface area contributed by atoms with Gasteiger partial charge in [-0.25, -0.2) is 0 Å². The minimum atomic E-state index is -0.0742. The molecule has 1 aliphatic rings. The fourth-order valence-corrected chi connectivity index (χ4v) is 3.96. The van der Waals surface area contributed by atoms with Crippen LogP contribution in [0.2, 0.25) is 0 Å². The lowest BCUT2D eigenvalue weighted by atomic mass is 10.1. The Morgan fingerprint density at radius 3 is 3.14 bits per heavy atom. The van der Waals surface area contributed by atoms with Gasteiger partial charge in [-0.2, -0.15) is 0 Å². The smallest absolute Gasteiger partial charge is 0.230 e. The Morgan fingerprint density at radius 1 is 1.39 bits per heavy atom. The number of nitrogens with zero attached hydrogens (tertiary/aromatic N) is 3. The van der Waals surface area contributed by atoms with Crippen molar-refractivity contribution in [1.29, 1.82) is 0 Å². The number of pyridine rings is 1. The van der Waals surface area contributed by atoms with Crippen LogP contribution in [0.3, 0.4) is 0 Å². The van der Waals surface area contributed by atoms with Crippen LogP contribution in [0.25, 0.3) is 5.65 Å². The zero-order valence-corrected chi connectivity index (χ0v) is 16.7. The molecule has 1 atom stereocenters. The summed E-state index contributed by atoms with van der Waals surface area (Å²) in [4.78, 5) is 12.3. The van der Waals surface area contributed by atoms with Crippen LogP contribution in [0.4, 0.5) is 0 Å². The van der Waals surface area contributed by atoms with Crippen LogP contribution in [0.5, 0.6) is 11.5 Å². The molecule has 8 heteroatoms. The Bertz CT molecular complexity index is 1000. The minimum absolute atomic E-state index is 0.0742. The van der Waals surface area contributed by atoms with Crippen LogP contribution in [0.15, 0.2) is 41.7 Å². The van der Waals surface area contributed by atoms with Gasteiger partial charge in [0.2, 0.25) is 5.91 Å². The molecule has 0 saturated heterocycles. The van der Waals surface area contributed by atoms with Crippen LogP contribution in [-0.4, -0.2) is 39.0 Å². The first-order valence-corrected chi connectivity index (χ1v) is 10.3. The van der Waals surface area contributed by atoms with Crippen LogP contribution in [-0.2, 0) is 17.8 Å². The van der Waals surface area contributed by atoms with E-state index < -0.39 is 0 Å². The average Bonchev–Trinajstić information content (AvgIpc) is 3.26. The van der Waals surface area contributed by atoms with E-state index in [0.29, 0.717) is 18.3 Å². The SMILES string of the molecule is CCOc1cc2c(cc1CNC(=O)CSc1nnc3ccccn13)OC(C)C2. The maximum absolute atomic E-state index is 12.3. The molecule has 146 valence electrons. The molecule has 0 spiro atoms. The van der Waals surface area contributed by atoms with E-state index in [4.69, 9.17) is 9.47 Å². The number of hydrogen-bond acceptors (Lipinski definition) is 6. The van der Waals surface area contributed by atoms with Gasteiger partial charge in [-0.1, -0.05) is 17.8 Å². The molecule has 7 nitrogen and oxygen atoms in total. The first-order chi connectivity index (χ1) is 13.6. The predicted molar refractivity (Wildman–Crippen MR) is 107 cm³/mol. The number of benzene rings is 1. The van der Waals surface area contributed by atoms with Crippen molar-refractivity contribution in [2.75, 3.05) is 12.4 Å². The largest absolute Gasteiger partial charge is 0.494 e. The molecule has 1 N–H and O–H groups in total. The predicted octanol–water partition coefficient (Wildman–Crippen LogP) is 2.86. The molecular weight excluding hydrogens is 376 g/mol. The van der Waals surface area contributed by atoms with Gasteiger partial charge in [0.25, 0.3) is 0 Å². The van der Waals surface area contributed by atoms with Gasteiger partial charge in [-0.15, -0.1) is 10.2 Å². The van der Waals surface area contributed by atoms with Gasteiger partial charge in [0, 0.05) is 30.3 Å². The number of aromatic nitrogens is 3. The summed E-state index contributed by atoms with van der Waals surface area (Å²) in [7, 11) is 0. The van der Waals surface area contributed by atoms with Gasteiger partial charge in [0.15, 0.2) is 10.8 Å². The number of amides is 1. The highest BCUT2D eigenvalue weighted by Gasteiger charge is 2.22. The van der Waals surface area contributed by atoms with Gasteiger partial charge in [-0.3, -0.25) is 9.20 Å². The standard InChI is InChI=1S/C20H22N4O3S/c1-3-26-16-9-14-8-13(2)27-17(14)10-15(16)11-21-19(25)12-28-20-23-22-18-6-4-5-7-24(18)20/h4-7,9-10,13H,3,8,11-12H2,1-2H3,(H,21,25). The van der Waals surface area contributed by atoms with Crippen molar-refractivity contribution in [1.82, 2.24) is 19.9 Å². The summed E-state index contributed by atoms with van der Waals surface area (Å²) in [5.74, 6) is 1.87. The highest BCUT2D eigenvalue weighted by Crippen LogP contribution is 2.35. The molecule has 0 radical (unpaired) electrons. The zero-order valence-electron chi connectivity index (χ0n) is 15.8. The third-order valence-electron chi connectivity index (χ3n) is 4.47. The number of carbonyl (C=O) groups excluding carboxylic acids is 1. The maximum Gasteiger partial charge on any atom is 0.230 e. The lowest BCUT2D eigenvalue weighted by molar-refractivity contribution is -0.118. The minimum Gasteiger partial charge on any atom is -0.494 e. The number of rotatable bonds is 7. The van der Waals surface area contributed by atoms with Crippen LogP contribution < -0.4 is 14.8 Å². The number of fused-ring (bicyclic) bond motifs is 2. The highest BCUT2D eigenvalue weighted by molar-refractivity contribution is 7.99. The first kappa shape index (κ1) is 18.6. The summed E-state index contributed by atoms with van der Waals surface area (Å²) in [6, 6.07) is 9.70. The Hall–Kier alpha value is -2.74. The summed E-state index contributed by atoms with van der Waals surface area (Å²) >= 11 is 1.36. The molecule has 0 saturated carbocycles. The summed E-state index contributed by atoms with van der Waals surface area (Å²) in [5, 5.41) is 11.9. The normalized spacial score (nSPS) is 15.3. The van der Waals surface area contributed by atoms with E-state index in [1.54, 1.807) is 0 Å². The zero-order chi connectivity index (χ0) is 19.5. The van der Waals surface area contributed by atoms with E-state index >= 15 is 0 Å². The molecule has 0 fully saturated rings. The third-order valence-corrected chi connectivity index (χ3v) is 5.41. The van der Waals surface area contributed by atoms with E-state index in [2.05, 4.69) is 15.5 Å². The molecule has 3 aromatic rings. The molecule has 1 aliphatic heterocycles. The van der Waals surface area contributed by atoms with Crippen molar-refractivity contribution in [3.8, 4) is 11.5 Å². The molecule has 1 unspecified atom stereocenters. The molecule has 1 aromatic carbocycles.